The number of halogens is 1. The number of carbonyl (C=O) groups excluding carboxylic acids is 1. The van der Waals surface area contributed by atoms with Gasteiger partial charge in [-0.1, -0.05) is 18.0 Å². The predicted octanol–water partition coefficient (Wildman–Crippen LogP) is 1.77. The third kappa shape index (κ3) is 5.94. The second-order valence-corrected chi connectivity index (χ2v) is 9.55. The fourth-order valence-electron chi connectivity index (χ4n) is 3.13. The van der Waals surface area contributed by atoms with E-state index < -0.39 is 10.0 Å². The topological polar surface area (TPSA) is 70.9 Å². The summed E-state index contributed by atoms with van der Waals surface area (Å²) in [5, 5.41) is 3.09. The third-order valence-corrected chi connectivity index (χ3v) is 6.90. The van der Waals surface area contributed by atoms with Crippen LogP contribution < -0.4 is 10.2 Å². The van der Waals surface area contributed by atoms with Crippen molar-refractivity contribution in [2.24, 2.45) is 0 Å². The summed E-state index contributed by atoms with van der Waals surface area (Å²) in [4.78, 5) is 13.9. The maximum Gasteiger partial charge on any atom is 0.242 e. The molecule has 2 N–H and O–H groups in total. The molecule has 2 rings (SSSR count). The average Bonchev–Trinajstić information content (AvgIpc) is 2.55. The van der Waals surface area contributed by atoms with Gasteiger partial charge in [0.25, 0.3) is 0 Å². The second kappa shape index (κ2) is 9.69. The molecule has 1 heterocycles. The number of amides is 1. The third-order valence-electron chi connectivity index (χ3n) is 4.76. The van der Waals surface area contributed by atoms with Crippen LogP contribution in [0.25, 0.3) is 0 Å². The molecule has 6 nitrogen and oxygen atoms in total. The molecule has 1 fully saturated rings. The fraction of sp³-hybridized carbons (Fsp3) is 0.611. The van der Waals surface area contributed by atoms with Gasteiger partial charge in [0.15, 0.2) is 0 Å². The van der Waals surface area contributed by atoms with Crippen LogP contribution in [0.4, 0.5) is 5.69 Å². The Labute approximate surface area is 161 Å². The number of nitrogens with one attached hydrogen (secondary N) is 2. The normalized spacial score (nSPS) is 16.9. The lowest BCUT2D eigenvalue weighted by atomic mass is 10.1. The first-order chi connectivity index (χ1) is 12.3. The number of quaternary nitrogens is 1. The standard InChI is InChI=1S/C18H28ClN3O3S/c1-21(2)26(24,25)15-8-9-16(19)17(14-15)20-18(23)10-13-22-11-6-4-3-5-7-12-22/h8-9,14H,3-7,10-13H2,1-2H3,(H,20,23)/p+1. The Hall–Kier alpha value is -1.15. The molecule has 1 aromatic carbocycles. The molecule has 0 atom stereocenters. The molecule has 0 unspecified atom stereocenters. The van der Waals surface area contributed by atoms with Crippen molar-refractivity contribution < 1.29 is 18.1 Å². The number of hydrogen-bond acceptors (Lipinski definition) is 3. The minimum absolute atomic E-state index is 0.108. The van der Waals surface area contributed by atoms with Crippen molar-refractivity contribution in [3.8, 4) is 0 Å². The number of nitrogens with zero attached hydrogens (tertiary/aromatic N) is 1. The van der Waals surface area contributed by atoms with E-state index in [1.165, 1.54) is 69.3 Å². The molecule has 1 aromatic rings. The lowest BCUT2D eigenvalue weighted by molar-refractivity contribution is -0.900. The van der Waals surface area contributed by atoms with E-state index in [-0.39, 0.29) is 10.8 Å². The Bertz CT molecular complexity index is 714. The van der Waals surface area contributed by atoms with E-state index >= 15 is 0 Å². The number of rotatable bonds is 6. The summed E-state index contributed by atoms with van der Waals surface area (Å²) in [6.07, 6.45) is 6.70. The zero-order valence-corrected chi connectivity index (χ0v) is 17.1. The average molecular weight is 403 g/mol. The molecule has 0 aromatic heterocycles. The highest BCUT2D eigenvalue weighted by Crippen LogP contribution is 2.26. The van der Waals surface area contributed by atoms with Gasteiger partial charge in [-0.15, -0.1) is 0 Å². The van der Waals surface area contributed by atoms with Crippen molar-refractivity contribution in [2.75, 3.05) is 39.0 Å². The van der Waals surface area contributed by atoms with Gasteiger partial charge in [-0.25, -0.2) is 12.7 Å². The second-order valence-electron chi connectivity index (χ2n) is 7.00. The maximum absolute atomic E-state index is 12.3. The van der Waals surface area contributed by atoms with Gasteiger partial charge in [0.2, 0.25) is 15.9 Å². The number of likely N-dealkylation sites (tertiary alicyclic amines) is 1. The van der Waals surface area contributed by atoms with E-state index in [9.17, 15) is 13.2 Å². The molecule has 0 bridgehead atoms. The summed E-state index contributed by atoms with van der Waals surface area (Å²) < 4.78 is 25.6. The minimum Gasteiger partial charge on any atom is -0.335 e. The monoisotopic (exact) mass is 402 g/mol. The van der Waals surface area contributed by atoms with Gasteiger partial charge in [0.05, 0.1) is 41.7 Å². The molecular formula is C18H29ClN3O3S+. The summed E-state index contributed by atoms with van der Waals surface area (Å²) in [6, 6.07) is 4.35. The molecule has 1 aliphatic heterocycles. The smallest absolute Gasteiger partial charge is 0.242 e. The van der Waals surface area contributed by atoms with Crippen LogP contribution in [0.5, 0.6) is 0 Å². The van der Waals surface area contributed by atoms with Gasteiger partial charge in [-0.05, 0) is 43.9 Å². The molecule has 1 aliphatic rings. The zero-order valence-electron chi connectivity index (χ0n) is 15.6. The lowest BCUT2D eigenvalue weighted by Gasteiger charge is -2.21. The van der Waals surface area contributed by atoms with E-state index in [0.717, 1.165) is 23.9 Å². The molecule has 0 spiro atoms. The Morgan fingerprint density at radius 1 is 1.15 bits per heavy atom. The Morgan fingerprint density at radius 3 is 2.38 bits per heavy atom. The van der Waals surface area contributed by atoms with Crippen molar-refractivity contribution in [1.82, 2.24) is 4.31 Å². The molecule has 146 valence electrons. The summed E-state index contributed by atoms with van der Waals surface area (Å²) >= 11 is 6.13. The summed E-state index contributed by atoms with van der Waals surface area (Å²) in [5.74, 6) is -0.138. The summed E-state index contributed by atoms with van der Waals surface area (Å²) in [6.45, 7) is 3.02. The van der Waals surface area contributed by atoms with Gasteiger partial charge in [0.1, 0.15) is 0 Å². The molecular weight excluding hydrogens is 374 g/mol. The highest BCUT2D eigenvalue weighted by Gasteiger charge is 2.19. The van der Waals surface area contributed by atoms with Crippen LogP contribution >= 0.6 is 11.6 Å². The lowest BCUT2D eigenvalue weighted by Crippen LogP contribution is -3.12. The fourth-order valence-corrected chi connectivity index (χ4v) is 4.22. The first-order valence-corrected chi connectivity index (χ1v) is 11.0. The van der Waals surface area contributed by atoms with Gasteiger partial charge in [-0.2, -0.15) is 0 Å². The molecule has 1 amide bonds. The Kier molecular flexibility index (Phi) is 7.88. The van der Waals surface area contributed by atoms with E-state index in [2.05, 4.69) is 5.32 Å². The van der Waals surface area contributed by atoms with Gasteiger partial charge >= 0.3 is 0 Å². The first-order valence-electron chi connectivity index (χ1n) is 9.16. The molecule has 0 aliphatic carbocycles. The van der Waals surface area contributed by atoms with Gasteiger partial charge in [-0.3, -0.25) is 4.79 Å². The molecule has 1 saturated heterocycles. The molecule has 8 heteroatoms. The van der Waals surface area contributed by atoms with Crippen LogP contribution in [-0.4, -0.2) is 52.4 Å². The van der Waals surface area contributed by atoms with Crippen molar-refractivity contribution in [2.45, 2.75) is 43.4 Å². The van der Waals surface area contributed by atoms with Gasteiger partial charge < -0.3 is 10.2 Å². The molecule has 26 heavy (non-hydrogen) atoms. The van der Waals surface area contributed by atoms with Crippen LogP contribution in [0.15, 0.2) is 23.1 Å². The summed E-state index contributed by atoms with van der Waals surface area (Å²) in [5.41, 5.74) is 0.335. The van der Waals surface area contributed by atoms with Crippen molar-refractivity contribution in [1.29, 1.82) is 0 Å². The van der Waals surface area contributed by atoms with Crippen molar-refractivity contribution in [3.63, 3.8) is 0 Å². The van der Waals surface area contributed by atoms with E-state index in [1.807, 2.05) is 0 Å². The van der Waals surface area contributed by atoms with E-state index in [4.69, 9.17) is 11.6 Å². The Morgan fingerprint density at radius 2 is 1.77 bits per heavy atom. The van der Waals surface area contributed by atoms with E-state index in [0.29, 0.717) is 17.1 Å². The highest BCUT2D eigenvalue weighted by atomic mass is 35.5. The first kappa shape index (κ1) is 21.2. The number of carbonyl (C=O) groups is 1. The number of sulfonamides is 1. The Balaban J connectivity index is 1.97. The number of benzene rings is 1. The number of anilines is 1. The molecule has 0 saturated carbocycles. The zero-order chi connectivity index (χ0) is 19.2. The number of hydrogen-bond donors (Lipinski definition) is 2. The molecule has 0 radical (unpaired) electrons. The van der Waals surface area contributed by atoms with Crippen LogP contribution in [0.2, 0.25) is 5.02 Å². The highest BCUT2D eigenvalue weighted by molar-refractivity contribution is 7.89. The van der Waals surface area contributed by atoms with Crippen molar-refractivity contribution >= 4 is 33.2 Å². The van der Waals surface area contributed by atoms with Crippen LogP contribution in [0, 0.1) is 0 Å². The van der Waals surface area contributed by atoms with Crippen molar-refractivity contribution in [3.05, 3.63) is 23.2 Å². The van der Waals surface area contributed by atoms with Crippen LogP contribution in [0.1, 0.15) is 38.5 Å². The minimum atomic E-state index is -3.57. The predicted molar refractivity (Wildman–Crippen MR) is 104 cm³/mol. The maximum atomic E-state index is 12.3. The quantitative estimate of drug-likeness (QED) is 0.761. The van der Waals surface area contributed by atoms with Crippen LogP contribution in [-0.2, 0) is 14.8 Å². The van der Waals surface area contributed by atoms with E-state index in [1.54, 1.807) is 0 Å². The van der Waals surface area contributed by atoms with Crippen LogP contribution in [0.3, 0.4) is 0 Å². The summed E-state index contributed by atoms with van der Waals surface area (Å²) in [7, 11) is -0.636. The van der Waals surface area contributed by atoms with Gasteiger partial charge in [0, 0.05) is 14.1 Å². The largest absolute Gasteiger partial charge is 0.335 e. The SMILES string of the molecule is CN(C)S(=O)(=O)c1ccc(Cl)c(NC(=O)CC[NH+]2CCCCCCC2)c1.